The van der Waals surface area contributed by atoms with Gasteiger partial charge < -0.3 is 75.4 Å². The van der Waals surface area contributed by atoms with E-state index in [9.17, 15) is 43.2 Å². The number of rotatable bonds is 19. The topological polar surface area (TPSA) is 415 Å². The molecule has 1 aliphatic rings. The van der Waals surface area contributed by atoms with Gasteiger partial charge in [-0.25, -0.2) is 0 Å². The minimum atomic E-state index is -1.44. The molecular weight excluding hydrogens is 989 g/mol. The maximum atomic E-state index is 14.6. The van der Waals surface area contributed by atoms with Gasteiger partial charge in [-0.2, -0.15) is 11.8 Å². The average Bonchev–Trinajstić information content (AvgIpc) is 3.78. The maximum absolute atomic E-state index is 14.6. The number of carbonyl (C=O) groups is 9. The number of fused-ring (bicyclic) bond motifs is 1. The van der Waals surface area contributed by atoms with E-state index >= 15 is 0 Å². The fourth-order valence-electron chi connectivity index (χ4n) is 8.22. The van der Waals surface area contributed by atoms with E-state index in [1.807, 2.05) is 24.3 Å². The number of nitrogens with two attached hydrogens (primary N) is 3. The first-order chi connectivity index (χ1) is 35.8. The Balaban J connectivity index is 1.76. The van der Waals surface area contributed by atoms with Gasteiger partial charge in [-0.3, -0.25) is 54.0 Å². The highest BCUT2D eigenvalue weighted by atomic mass is 32.2. The van der Waals surface area contributed by atoms with Crippen LogP contribution >= 0.6 is 11.8 Å². The molecule has 0 saturated carbocycles. The summed E-state index contributed by atoms with van der Waals surface area (Å²) >= 11 is 1.38. The molecule has 3 aromatic rings. The molecule has 1 fully saturated rings. The molecule has 2 aromatic carbocycles. The molecule has 25 nitrogen and oxygen atoms in total. The van der Waals surface area contributed by atoms with Gasteiger partial charge in [0, 0.05) is 62.9 Å². The fraction of sp³-hybridized carbons (Fsp3) is 0.490. The molecule has 408 valence electrons. The van der Waals surface area contributed by atoms with Gasteiger partial charge >= 0.3 is 0 Å². The number of benzene rings is 2. The number of aromatic amines is 1. The van der Waals surface area contributed by atoms with Crippen molar-refractivity contribution in [2.75, 3.05) is 31.6 Å². The third kappa shape index (κ3) is 20.9. The Morgan fingerprint density at radius 2 is 1.31 bits per heavy atom. The molecule has 0 bridgehead atoms. The number of H-pyrrole nitrogens is 1. The van der Waals surface area contributed by atoms with E-state index in [-0.39, 0.29) is 102 Å². The second-order valence-electron chi connectivity index (χ2n) is 18.1. The molecule has 2 heterocycles. The van der Waals surface area contributed by atoms with E-state index in [1.165, 1.54) is 18.7 Å². The van der Waals surface area contributed by atoms with E-state index in [2.05, 4.69) is 58.2 Å². The summed E-state index contributed by atoms with van der Waals surface area (Å²) in [7, 11) is 0. The van der Waals surface area contributed by atoms with Crippen LogP contribution in [0, 0.1) is 10.8 Å². The summed E-state index contributed by atoms with van der Waals surface area (Å²) in [5.74, 6) is -7.00. The summed E-state index contributed by atoms with van der Waals surface area (Å²) in [4.78, 5) is 128. The van der Waals surface area contributed by atoms with Crippen LogP contribution in [0.25, 0.3) is 10.9 Å². The van der Waals surface area contributed by atoms with Crippen LogP contribution < -0.4 is 70.4 Å². The Morgan fingerprint density at radius 3 is 1.96 bits per heavy atom. The third-order valence-corrected chi connectivity index (χ3v) is 12.8. The molecular formula is C49H72N16O9S. The maximum Gasteiger partial charge on any atom is 0.243 e. The first-order valence-electron chi connectivity index (χ1n) is 24.7. The van der Waals surface area contributed by atoms with E-state index in [0.717, 1.165) is 10.9 Å². The molecule has 75 heavy (non-hydrogen) atoms. The second-order valence-corrected chi connectivity index (χ2v) is 19.0. The van der Waals surface area contributed by atoms with Crippen molar-refractivity contribution in [2.45, 2.75) is 120 Å². The third-order valence-electron chi connectivity index (χ3n) is 12.1. The van der Waals surface area contributed by atoms with Gasteiger partial charge in [-0.15, -0.1) is 0 Å². The molecule has 0 radical (unpaired) electrons. The van der Waals surface area contributed by atoms with Gasteiger partial charge in [0.05, 0.1) is 0 Å². The lowest BCUT2D eigenvalue weighted by Gasteiger charge is -2.28. The Bertz CT molecular complexity index is 2480. The second kappa shape index (κ2) is 31.0. The average molecular weight is 1060 g/mol. The van der Waals surface area contributed by atoms with Gasteiger partial charge in [0.1, 0.15) is 42.3 Å². The lowest BCUT2D eigenvalue weighted by atomic mass is 10.0. The number of aromatic nitrogens is 1. The number of thioether (sulfide) groups is 1. The highest BCUT2D eigenvalue weighted by molar-refractivity contribution is 7.98. The van der Waals surface area contributed by atoms with Crippen molar-refractivity contribution in [3.63, 3.8) is 0 Å². The van der Waals surface area contributed by atoms with Crippen LogP contribution in [0.2, 0.25) is 0 Å². The van der Waals surface area contributed by atoms with Crippen molar-refractivity contribution in [1.82, 2.24) is 58.2 Å². The lowest BCUT2D eigenvalue weighted by molar-refractivity contribution is -0.136. The van der Waals surface area contributed by atoms with E-state index < -0.39 is 95.5 Å². The van der Waals surface area contributed by atoms with Crippen molar-refractivity contribution in [2.24, 2.45) is 17.2 Å². The summed E-state index contributed by atoms with van der Waals surface area (Å²) in [6.07, 6.45) is 3.39. The Kier molecular flexibility index (Phi) is 24.6. The van der Waals surface area contributed by atoms with Crippen LogP contribution in [-0.4, -0.2) is 144 Å². The predicted molar refractivity (Wildman–Crippen MR) is 283 cm³/mol. The summed E-state index contributed by atoms with van der Waals surface area (Å²) in [6, 6.07) is 6.84. The summed E-state index contributed by atoms with van der Waals surface area (Å²) in [5, 5.41) is 42.7. The van der Waals surface area contributed by atoms with Crippen molar-refractivity contribution in [1.29, 1.82) is 10.8 Å². The summed E-state index contributed by atoms with van der Waals surface area (Å²) in [5.41, 5.74) is 18.7. The highest BCUT2D eigenvalue weighted by Gasteiger charge is 2.35. The first kappa shape index (κ1) is 59.7. The number of hydrogen-bond donors (Lipinski definition) is 16. The Hall–Kier alpha value is -7.90. The molecule has 0 aliphatic carbocycles. The largest absolute Gasteiger partial charge is 0.370 e. The van der Waals surface area contributed by atoms with Crippen LogP contribution in [0.15, 0.2) is 60.8 Å². The zero-order chi connectivity index (χ0) is 54.9. The Labute approximate surface area is 439 Å². The van der Waals surface area contributed by atoms with Crippen LogP contribution in [0.3, 0.4) is 0 Å². The normalized spacial score (nSPS) is 21.1. The molecule has 3 unspecified atom stereocenters. The SMILES string of the molecule is CSCC[C@@H]1NC(=O)C(NC(=O)[C@H](CCCNC(=N)N)NC(C)=O)CCC(=O)NCCCC(C(N)=O)NC(=O)[C@H](Cc2c[nH]c3ccccc23)NC(=O)[C@H](CCCNC(=N)N)NC(=O)C(Cc2ccccc2)NC1=O. The molecule has 1 aliphatic heterocycles. The number of primary amides is 1. The van der Waals surface area contributed by atoms with Crippen molar-refractivity contribution in [3.8, 4) is 0 Å². The van der Waals surface area contributed by atoms with Crippen molar-refractivity contribution < 1.29 is 43.2 Å². The van der Waals surface area contributed by atoms with Crippen molar-refractivity contribution >= 4 is 87.7 Å². The molecule has 4 rings (SSSR count). The molecule has 9 amide bonds. The molecule has 26 heteroatoms. The van der Waals surface area contributed by atoms with E-state index in [1.54, 1.807) is 42.8 Å². The summed E-state index contributed by atoms with van der Waals surface area (Å²) < 4.78 is 0. The molecule has 7 atom stereocenters. The number of para-hydroxylation sites is 1. The van der Waals surface area contributed by atoms with Crippen LogP contribution in [0.1, 0.15) is 75.8 Å². The Morgan fingerprint density at radius 1 is 0.720 bits per heavy atom. The number of nitrogens with one attached hydrogen (secondary N) is 13. The first-order valence-corrected chi connectivity index (χ1v) is 26.1. The fourth-order valence-corrected chi connectivity index (χ4v) is 8.69. The molecule has 1 aromatic heterocycles. The quantitative estimate of drug-likeness (QED) is 0.0345. The van der Waals surface area contributed by atoms with Crippen molar-refractivity contribution in [3.05, 3.63) is 71.9 Å². The van der Waals surface area contributed by atoms with Crippen LogP contribution in [-0.2, 0) is 56.0 Å². The van der Waals surface area contributed by atoms with Gasteiger partial charge in [-0.1, -0.05) is 48.5 Å². The minimum Gasteiger partial charge on any atom is -0.370 e. The number of hydrogen-bond acceptors (Lipinski definition) is 12. The monoisotopic (exact) mass is 1060 g/mol. The zero-order valence-electron chi connectivity index (χ0n) is 42.2. The standard InChI is InChI=1S/C49H72N16O9S/c1-28(66)59-34(16-9-22-56-48(51)52)42(69)62-36-18-19-40(67)55-21-8-15-33(41(50)68)60-47(74)39(26-30-27-58-32-14-7-6-13-31(30)32)65-43(70)35(17-10-23-57-49(53)54)61-46(73)38(25-29-11-4-3-5-12-29)64-45(72)37(20-24-75-2)63-44(36)71/h3-7,11-14,27,33-39,58H,8-10,15-26H2,1-2H3,(H2,50,68)(H,55,67)(H,59,66)(H,60,74)(H,61,73)(H,62,69)(H,63,71)(H,64,72)(H,65,70)(H4,51,52,56)(H4,53,54,57)/t33?,34-,35-,36?,37-,38?,39-/m0/s1. The van der Waals surface area contributed by atoms with Gasteiger partial charge in [-0.05, 0) is 80.6 Å². The van der Waals surface area contributed by atoms with E-state index in [4.69, 9.17) is 28.0 Å². The molecule has 0 spiro atoms. The van der Waals surface area contributed by atoms with Crippen LogP contribution in [0.4, 0.5) is 0 Å². The number of guanidine groups is 2. The predicted octanol–water partition coefficient (Wildman–Crippen LogP) is -2.18. The molecule has 1 saturated heterocycles. The molecule has 19 N–H and O–H groups in total. The van der Waals surface area contributed by atoms with Gasteiger partial charge in [0.15, 0.2) is 11.9 Å². The summed E-state index contributed by atoms with van der Waals surface area (Å²) in [6.45, 7) is 1.53. The van der Waals surface area contributed by atoms with Gasteiger partial charge in [0.25, 0.3) is 0 Å². The number of amides is 9. The zero-order valence-corrected chi connectivity index (χ0v) is 43.1. The lowest BCUT2D eigenvalue weighted by Crippen LogP contribution is -2.60. The number of carbonyl (C=O) groups excluding carboxylic acids is 9. The van der Waals surface area contributed by atoms with E-state index in [0.29, 0.717) is 16.9 Å². The highest BCUT2D eigenvalue weighted by Crippen LogP contribution is 2.20. The smallest absolute Gasteiger partial charge is 0.243 e. The minimum absolute atomic E-state index is 0.00292. The van der Waals surface area contributed by atoms with Crippen LogP contribution in [0.5, 0.6) is 0 Å². The van der Waals surface area contributed by atoms with Gasteiger partial charge in [0.2, 0.25) is 53.2 Å².